The highest BCUT2D eigenvalue weighted by atomic mass is 16.5. The molecule has 0 aliphatic carbocycles. The van der Waals surface area contributed by atoms with E-state index in [2.05, 4.69) is 24.1 Å². The number of hydrogen-bond donors (Lipinski definition) is 3. The quantitative estimate of drug-likeness (QED) is 0.346. The van der Waals surface area contributed by atoms with Crippen LogP contribution in [0.3, 0.4) is 0 Å². The van der Waals surface area contributed by atoms with Gasteiger partial charge in [0.25, 0.3) is 0 Å². The normalized spacial score (nSPS) is 12.1. The lowest BCUT2D eigenvalue weighted by Gasteiger charge is -2.13. The third kappa shape index (κ3) is 4.43. The average molecular weight is 444 g/mol. The van der Waals surface area contributed by atoms with Crippen LogP contribution in [-0.2, 0) is 4.79 Å². The second-order valence-corrected chi connectivity index (χ2v) is 8.28. The number of fused-ring (bicyclic) bond motifs is 1. The summed E-state index contributed by atoms with van der Waals surface area (Å²) < 4.78 is 10.9. The zero-order chi connectivity index (χ0) is 23.5. The number of anilines is 1. The second-order valence-electron chi connectivity index (χ2n) is 8.28. The van der Waals surface area contributed by atoms with Crippen LogP contribution in [0.4, 0.5) is 5.69 Å². The molecule has 3 aromatic carbocycles. The fourth-order valence-electron chi connectivity index (χ4n) is 4.14. The summed E-state index contributed by atoms with van der Waals surface area (Å²) in [5.74, 6) is 1.36. The summed E-state index contributed by atoms with van der Waals surface area (Å²) in [6.45, 7) is 4.31. The van der Waals surface area contributed by atoms with Gasteiger partial charge in [-0.1, -0.05) is 44.2 Å². The van der Waals surface area contributed by atoms with Gasteiger partial charge in [0.05, 0.1) is 19.9 Å². The molecule has 0 fully saturated rings. The number of rotatable bonds is 7. The molecule has 0 unspecified atom stereocenters. The predicted octanol–water partition coefficient (Wildman–Crippen LogP) is 5.61. The number of methoxy groups -OCH3 is 2. The second kappa shape index (κ2) is 9.38. The van der Waals surface area contributed by atoms with Crippen LogP contribution >= 0.6 is 0 Å². The Bertz CT molecular complexity index is 1280. The molecule has 170 valence electrons. The van der Waals surface area contributed by atoms with E-state index in [9.17, 15) is 4.79 Å². The van der Waals surface area contributed by atoms with Crippen LogP contribution < -0.4 is 20.5 Å². The number of amides is 1. The van der Waals surface area contributed by atoms with Gasteiger partial charge in [-0.05, 0) is 53.4 Å². The van der Waals surface area contributed by atoms with Gasteiger partial charge < -0.3 is 25.5 Å². The molecule has 1 aromatic heterocycles. The smallest absolute Gasteiger partial charge is 0.245 e. The van der Waals surface area contributed by atoms with Crippen molar-refractivity contribution < 1.29 is 14.3 Å². The van der Waals surface area contributed by atoms with Gasteiger partial charge in [0.1, 0.15) is 6.04 Å². The molecular weight excluding hydrogens is 414 g/mol. The Morgan fingerprint density at radius 3 is 2.33 bits per heavy atom. The summed E-state index contributed by atoms with van der Waals surface area (Å²) in [5.41, 5.74) is 11.8. The third-order valence-corrected chi connectivity index (χ3v) is 5.80. The molecule has 1 amide bonds. The molecule has 4 aromatic rings. The zero-order valence-corrected chi connectivity index (χ0v) is 19.3. The minimum Gasteiger partial charge on any atom is -0.493 e. The van der Waals surface area contributed by atoms with E-state index in [4.69, 9.17) is 15.2 Å². The summed E-state index contributed by atoms with van der Waals surface area (Å²) in [6.07, 6.45) is 0. The van der Waals surface area contributed by atoms with Gasteiger partial charge in [0.2, 0.25) is 5.91 Å². The third-order valence-electron chi connectivity index (χ3n) is 5.80. The van der Waals surface area contributed by atoms with Gasteiger partial charge in [0.15, 0.2) is 11.5 Å². The molecule has 0 saturated carbocycles. The van der Waals surface area contributed by atoms with Crippen molar-refractivity contribution in [3.8, 4) is 22.8 Å². The highest BCUT2D eigenvalue weighted by Gasteiger charge is 2.20. The molecule has 33 heavy (non-hydrogen) atoms. The van der Waals surface area contributed by atoms with E-state index >= 15 is 0 Å². The number of nitrogens with one attached hydrogen (secondary N) is 2. The van der Waals surface area contributed by atoms with E-state index in [1.807, 2.05) is 66.7 Å². The first-order valence-electron chi connectivity index (χ1n) is 10.9. The minimum absolute atomic E-state index is 0.248. The van der Waals surface area contributed by atoms with Crippen LogP contribution in [0.2, 0.25) is 0 Å². The molecule has 1 heterocycles. The van der Waals surface area contributed by atoms with Gasteiger partial charge in [-0.3, -0.25) is 4.79 Å². The maximum absolute atomic E-state index is 12.8. The fraction of sp³-hybridized carbons (Fsp3) is 0.222. The molecule has 0 bridgehead atoms. The molecule has 0 aliphatic rings. The van der Waals surface area contributed by atoms with Gasteiger partial charge in [-0.2, -0.15) is 0 Å². The lowest BCUT2D eigenvalue weighted by Crippen LogP contribution is -2.27. The van der Waals surface area contributed by atoms with E-state index in [-0.39, 0.29) is 11.8 Å². The van der Waals surface area contributed by atoms with Crippen molar-refractivity contribution in [1.82, 2.24) is 4.98 Å². The number of aromatic nitrogens is 1. The number of H-pyrrole nitrogens is 1. The van der Waals surface area contributed by atoms with Gasteiger partial charge in [0, 0.05) is 22.2 Å². The first kappa shape index (κ1) is 22.4. The summed E-state index contributed by atoms with van der Waals surface area (Å²) in [5, 5.41) is 4.02. The lowest BCUT2D eigenvalue weighted by molar-refractivity contribution is -0.117. The number of aromatic amines is 1. The Kier molecular flexibility index (Phi) is 6.38. The fourth-order valence-corrected chi connectivity index (χ4v) is 4.14. The molecule has 0 aliphatic heterocycles. The van der Waals surface area contributed by atoms with Crippen molar-refractivity contribution in [3.63, 3.8) is 0 Å². The van der Waals surface area contributed by atoms with E-state index in [0.717, 1.165) is 27.7 Å². The lowest BCUT2D eigenvalue weighted by atomic mass is 9.95. The zero-order valence-electron chi connectivity index (χ0n) is 19.3. The molecule has 0 spiro atoms. The number of carbonyl (C=O) groups excluding carboxylic acids is 1. The van der Waals surface area contributed by atoms with Gasteiger partial charge in [-0.15, -0.1) is 0 Å². The highest BCUT2D eigenvalue weighted by molar-refractivity contribution is 5.99. The number of hydrogen-bond acceptors (Lipinski definition) is 4. The van der Waals surface area contributed by atoms with Crippen LogP contribution in [0.15, 0.2) is 66.7 Å². The van der Waals surface area contributed by atoms with Gasteiger partial charge in [-0.25, -0.2) is 0 Å². The standard InChI is InChI=1S/C27H29N3O3/c1-16(2)24-20-15-19(29-27(31)25(28)17-8-6-5-7-9-17)11-12-21(20)30-26(24)18-10-13-22(32-3)23(14-18)33-4/h5-16,25,30H,28H2,1-4H3,(H,29,31)/t25-/m0/s1. The largest absolute Gasteiger partial charge is 0.493 e. The first-order valence-corrected chi connectivity index (χ1v) is 10.9. The van der Waals surface area contributed by atoms with Crippen molar-refractivity contribution in [2.24, 2.45) is 5.73 Å². The van der Waals surface area contributed by atoms with Crippen LogP contribution in [0.1, 0.15) is 36.9 Å². The Morgan fingerprint density at radius 2 is 1.67 bits per heavy atom. The topological polar surface area (TPSA) is 89.4 Å². The maximum atomic E-state index is 12.8. The van der Waals surface area contributed by atoms with Crippen molar-refractivity contribution in [3.05, 3.63) is 77.9 Å². The Labute approximate surface area is 193 Å². The van der Waals surface area contributed by atoms with E-state index in [1.54, 1.807) is 14.2 Å². The van der Waals surface area contributed by atoms with E-state index in [0.29, 0.717) is 17.2 Å². The number of ether oxygens (including phenoxy) is 2. The molecule has 0 radical (unpaired) electrons. The average Bonchev–Trinajstić information content (AvgIpc) is 3.22. The summed E-state index contributed by atoms with van der Waals surface area (Å²) >= 11 is 0. The molecule has 1 atom stereocenters. The Balaban J connectivity index is 1.71. The Morgan fingerprint density at radius 1 is 0.939 bits per heavy atom. The molecule has 4 rings (SSSR count). The van der Waals surface area contributed by atoms with Crippen molar-refractivity contribution >= 4 is 22.5 Å². The summed E-state index contributed by atoms with van der Waals surface area (Å²) in [4.78, 5) is 16.3. The van der Waals surface area contributed by atoms with E-state index in [1.165, 1.54) is 5.56 Å². The predicted molar refractivity (Wildman–Crippen MR) is 133 cm³/mol. The highest BCUT2D eigenvalue weighted by Crippen LogP contribution is 2.39. The van der Waals surface area contributed by atoms with Crippen molar-refractivity contribution in [2.75, 3.05) is 19.5 Å². The number of carbonyl (C=O) groups is 1. The van der Waals surface area contributed by atoms with Crippen LogP contribution in [0.25, 0.3) is 22.2 Å². The monoisotopic (exact) mass is 443 g/mol. The SMILES string of the molecule is COc1ccc(-c2[nH]c3ccc(NC(=O)[C@@H](N)c4ccccc4)cc3c2C(C)C)cc1OC. The molecule has 0 saturated heterocycles. The van der Waals surface area contributed by atoms with E-state index < -0.39 is 6.04 Å². The number of nitrogens with two attached hydrogens (primary N) is 1. The van der Waals surface area contributed by atoms with Crippen LogP contribution in [-0.4, -0.2) is 25.1 Å². The minimum atomic E-state index is -0.736. The van der Waals surface area contributed by atoms with Crippen molar-refractivity contribution in [1.29, 1.82) is 0 Å². The molecule has 4 N–H and O–H groups in total. The maximum Gasteiger partial charge on any atom is 0.245 e. The first-order chi connectivity index (χ1) is 15.9. The molecule has 6 heteroatoms. The summed E-state index contributed by atoms with van der Waals surface area (Å²) in [6, 6.07) is 20.4. The Hall–Kier alpha value is -3.77. The van der Waals surface area contributed by atoms with Gasteiger partial charge >= 0.3 is 0 Å². The van der Waals surface area contributed by atoms with Crippen molar-refractivity contribution in [2.45, 2.75) is 25.8 Å². The molecular formula is C27H29N3O3. The van der Waals surface area contributed by atoms with Crippen LogP contribution in [0, 0.1) is 0 Å². The molecule has 6 nitrogen and oxygen atoms in total. The number of benzene rings is 3. The summed E-state index contributed by atoms with van der Waals surface area (Å²) in [7, 11) is 3.25. The van der Waals surface area contributed by atoms with Crippen LogP contribution in [0.5, 0.6) is 11.5 Å².